The zero-order valence-electron chi connectivity index (χ0n) is 11.4. The van der Waals surface area contributed by atoms with Crippen molar-refractivity contribution in [3.63, 3.8) is 0 Å². The van der Waals surface area contributed by atoms with Crippen LogP contribution in [0.15, 0.2) is 24.3 Å². The van der Waals surface area contributed by atoms with Crippen molar-refractivity contribution in [2.45, 2.75) is 18.4 Å². The number of nitrogens with zero attached hydrogens (tertiary/aromatic N) is 1. The van der Waals surface area contributed by atoms with E-state index in [0.717, 1.165) is 0 Å². The number of anilines is 1. The van der Waals surface area contributed by atoms with Gasteiger partial charge in [0.2, 0.25) is 0 Å². The maximum atomic E-state index is 12.2. The molecule has 1 aromatic rings. The SMILES string of the molecule is O=C1NCC2(CCN(C(=O)Nc3cccc(Cl)c3)CC2)O1. The van der Waals surface area contributed by atoms with Gasteiger partial charge < -0.3 is 20.3 Å². The van der Waals surface area contributed by atoms with E-state index < -0.39 is 5.60 Å². The fourth-order valence-corrected chi connectivity index (χ4v) is 2.86. The van der Waals surface area contributed by atoms with Crippen molar-refractivity contribution in [1.82, 2.24) is 10.2 Å². The van der Waals surface area contributed by atoms with E-state index in [0.29, 0.717) is 43.2 Å². The van der Waals surface area contributed by atoms with Gasteiger partial charge in [0.25, 0.3) is 0 Å². The summed E-state index contributed by atoms with van der Waals surface area (Å²) in [5.41, 5.74) is 0.228. The highest BCUT2D eigenvalue weighted by Gasteiger charge is 2.43. The predicted molar refractivity (Wildman–Crippen MR) is 78.5 cm³/mol. The van der Waals surface area contributed by atoms with Crippen molar-refractivity contribution in [1.29, 1.82) is 0 Å². The molecule has 1 aromatic carbocycles. The highest BCUT2D eigenvalue weighted by Crippen LogP contribution is 2.29. The molecule has 2 saturated heterocycles. The van der Waals surface area contributed by atoms with E-state index in [4.69, 9.17) is 16.3 Å². The second kappa shape index (κ2) is 5.44. The van der Waals surface area contributed by atoms with Crippen LogP contribution in [0.4, 0.5) is 15.3 Å². The molecule has 112 valence electrons. The van der Waals surface area contributed by atoms with Gasteiger partial charge in [0.1, 0.15) is 5.60 Å². The van der Waals surface area contributed by atoms with Crippen LogP contribution in [0.5, 0.6) is 0 Å². The summed E-state index contributed by atoms with van der Waals surface area (Å²) in [4.78, 5) is 25.1. The van der Waals surface area contributed by atoms with Crippen molar-refractivity contribution in [3.8, 4) is 0 Å². The molecule has 0 saturated carbocycles. The maximum absolute atomic E-state index is 12.2. The smallest absolute Gasteiger partial charge is 0.407 e. The van der Waals surface area contributed by atoms with Crippen LogP contribution in [-0.4, -0.2) is 42.3 Å². The summed E-state index contributed by atoms with van der Waals surface area (Å²) in [6.45, 7) is 1.64. The molecule has 0 bridgehead atoms. The number of urea groups is 1. The van der Waals surface area contributed by atoms with Crippen molar-refractivity contribution >= 4 is 29.4 Å². The van der Waals surface area contributed by atoms with Gasteiger partial charge >= 0.3 is 12.1 Å². The van der Waals surface area contributed by atoms with Crippen LogP contribution in [-0.2, 0) is 4.74 Å². The van der Waals surface area contributed by atoms with Crippen molar-refractivity contribution in [2.24, 2.45) is 0 Å². The number of piperidine rings is 1. The molecule has 6 nitrogen and oxygen atoms in total. The Labute approximate surface area is 127 Å². The number of carbonyl (C=O) groups excluding carboxylic acids is 2. The molecule has 2 aliphatic heterocycles. The zero-order valence-corrected chi connectivity index (χ0v) is 12.2. The average Bonchev–Trinajstić information content (AvgIpc) is 2.80. The molecule has 0 radical (unpaired) electrons. The molecule has 21 heavy (non-hydrogen) atoms. The molecule has 1 spiro atoms. The number of carbonyl (C=O) groups is 2. The number of nitrogens with one attached hydrogen (secondary N) is 2. The third-order valence-electron chi connectivity index (χ3n) is 3.90. The van der Waals surface area contributed by atoms with Gasteiger partial charge in [-0.25, -0.2) is 9.59 Å². The van der Waals surface area contributed by atoms with Crippen molar-refractivity contribution in [3.05, 3.63) is 29.3 Å². The van der Waals surface area contributed by atoms with Crippen LogP contribution in [0.2, 0.25) is 5.02 Å². The van der Waals surface area contributed by atoms with Gasteiger partial charge in [-0.05, 0) is 18.2 Å². The minimum absolute atomic E-state index is 0.163. The number of amides is 3. The van der Waals surface area contributed by atoms with Crippen LogP contribution in [0.3, 0.4) is 0 Å². The predicted octanol–water partition coefficient (Wildman–Crippen LogP) is 2.45. The minimum atomic E-state index is -0.441. The number of benzene rings is 1. The molecule has 0 unspecified atom stereocenters. The highest BCUT2D eigenvalue weighted by molar-refractivity contribution is 6.30. The molecular formula is C14H16ClN3O3. The molecule has 0 atom stereocenters. The summed E-state index contributed by atoms with van der Waals surface area (Å²) in [6.07, 6.45) is 0.926. The molecule has 2 N–H and O–H groups in total. The Bertz CT molecular complexity index is 570. The fraction of sp³-hybridized carbons (Fsp3) is 0.429. The number of alkyl carbamates (subject to hydrolysis) is 1. The number of likely N-dealkylation sites (tertiary alicyclic amines) is 1. The Morgan fingerprint density at radius 3 is 2.76 bits per heavy atom. The molecule has 2 fully saturated rings. The van der Waals surface area contributed by atoms with E-state index in [1.807, 2.05) is 0 Å². The quantitative estimate of drug-likeness (QED) is 0.837. The summed E-state index contributed by atoms with van der Waals surface area (Å²) in [7, 11) is 0. The molecule has 0 aliphatic carbocycles. The van der Waals surface area contributed by atoms with E-state index in [-0.39, 0.29) is 12.1 Å². The molecule has 0 aromatic heterocycles. The summed E-state index contributed by atoms with van der Waals surface area (Å²) in [5, 5.41) is 6.07. The van der Waals surface area contributed by atoms with Crippen LogP contribution >= 0.6 is 11.6 Å². The van der Waals surface area contributed by atoms with E-state index in [1.54, 1.807) is 29.2 Å². The van der Waals surface area contributed by atoms with Crippen LogP contribution in [0.25, 0.3) is 0 Å². The van der Waals surface area contributed by atoms with Crippen LogP contribution < -0.4 is 10.6 Å². The third kappa shape index (κ3) is 3.05. The third-order valence-corrected chi connectivity index (χ3v) is 4.14. The maximum Gasteiger partial charge on any atom is 0.407 e. The summed E-state index contributed by atoms with van der Waals surface area (Å²) < 4.78 is 5.33. The Balaban J connectivity index is 1.57. The molecule has 3 amide bonds. The zero-order chi connectivity index (χ0) is 14.9. The van der Waals surface area contributed by atoms with E-state index in [2.05, 4.69) is 10.6 Å². The fourth-order valence-electron chi connectivity index (χ4n) is 2.67. The molecule has 2 aliphatic rings. The molecular weight excluding hydrogens is 294 g/mol. The van der Waals surface area contributed by atoms with Crippen molar-refractivity contribution in [2.75, 3.05) is 25.0 Å². The lowest BCUT2D eigenvalue weighted by atomic mass is 9.92. The monoisotopic (exact) mass is 309 g/mol. The Kier molecular flexibility index (Phi) is 3.63. The van der Waals surface area contributed by atoms with E-state index >= 15 is 0 Å². The highest BCUT2D eigenvalue weighted by atomic mass is 35.5. The standard InChI is InChI=1S/C14H16ClN3O3/c15-10-2-1-3-11(8-10)17-12(19)18-6-4-14(5-7-18)9-16-13(20)21-14/h1-3,8H,4-7,9H2,(H,16,20)(H,17,19). The van der Waals surface area contributed by atoms with Gasteiger partial charge in [0.05, 0.1) is 6.54 Å². The molecule has 3 rings (SSSR count). The first-order chi connectivity index (χ1) is 10.1. The van der Waals surface area contributed by atoms with Gasteiger partial charge in [-0.15, -0.1) is 0 Å². The average molecular weight is 310 g/mol. The van der Waals surface area contributed by atoms with Gasteiger partial charge in [0, 0.05) is 36.6 Å². The summed E-state index contributed by atoms with van der Waals surface area (Å²) >= 11 is 5.89. The Hall–Kier alpha value is -1.95. The largest absolute Gasteiger partial charge is 0.441 e. The number of rotatable bonds is 1. The second-order valence-electron chi connectivity index (χ2n) is 5.35. The topological polar surface area (TPSA) is 70.7 Å². The lowest BCUT2D eigenvalue weighted by Gasteiger charge is -2.37. The van der Waals surface area contributed by atoms with Crippen LogP contribution in [0.1, 0.15) is 12.8 Å². The first-order valence-corrected chi connectivity index (χ1v) is 7.23. The van der Waals surface area contributed by atoms with Crippen molar-refractivity contribution < 1.29 is 14.3 Å². The Morgan fingerprint density at radius 1 is 1.38 bits per heavy atom. The minimum Gasteiger partial charge on any atom is -0.441 e. The normalized spacial score (nSPS) is 20.0. The lowest BCUT2D eigenvalue weighted by Crippen LogP contribution is -2.49. The van der Waals surface area contributed by atoms with E-state index in [9.17, 15) is 9.59 Å². The van der Waals surface area contributed by atoms with Gasteiger partial charge in [-0.1, -0.05) is 17.7 Å². The van der Waals surface area contributed by atoms with Gasteiger partial charge in [0.15, 0.2) is 0 Å². The first kappa shape index (κ1) is 14.0. The van der Waals surface area contributed by atoms with Gasteiger partial charge in [-0.3, -0.25) is 0 Å². The number of ether oxygens (including phenoxy) is 1. The van der Waals surface area contributed by atoms with Gasteiger partial charge in [-0.2, -0.15) is 0 Å². The molecule has 7 heteroatoms. The number of hydrogen-bond donors (Lipinski definition) is 2. The first-order valence-electron chi connectivity index (χ1n) is 6.85. The number of halogens is 1. The Morgan fingerprint density at radius 2 is 2.14 bits per heavy atom. The lowest BCUT2D eigenvalue weighted by molar-refractivity contribution is 0.0110. The van der Waals surface area contributed by atoms with Crippen LogP contribution in [0, 0.1) is 0 Å². The summed E-state index contributed by atoms with van der Waals surface area (Å²) in [5.74, 6) is 0. The van der Waals surface area contributed by atoms with E-state index in [1.165, 1.54) is 0 Å². The number of hydrogen-bond acceptors (Lipinski definition) is 3. The molecule has 2 heterocycles. The second-order valence-corrected chi connectivity index (χ2v) is 5.79. The summed E-state index contributed by atoms with van der Waals surface area (Å²) in [6, 6.07) is 6.87.